The van der Waals surface area contributed by atoms with Gasteiger partial charge in [0.1, 0.15) is 17.1 Å². The molecule has 2 aromatic heterocycles. The predicted octanol–water partition coefficient (Wildman–Crippen LogP) is -0.635. The second-order valence-corrected chi connectivity index (χ2v) is 7.77. The number of fused-ring (bicyclic) bond motifs is 1. The molecule has 1 saturated heterocycles. The van der Waals surface area contributed by atoms with Crippen LogP contribution in [0, 0.1) is 0 Å². The highest BCUT2D eigenvalue weighted by Gasteiger charge is 2.36. The van der Waals surface area contributed by atoms with Gasteiger partial charge in [-0.25, -0.2) is 4.98 Å². The molecule has 4 atom stereocenters. The molecule has 0 saturated carbocycles. The summed E-state index contributed by atoms with van der Waals surface area (Å²) in [5.41, 5.74) is 7.70. The number of hydrogen-bond acceptors (Lipinski definition) is 8. The molecule has 10 nitrogen and oxygen atoms in total. The van der Waals surface area contributed by atoms with Crippen LogP contribution >= 0.6 is 0 Å². The molecule has 0 aliphatic carbocycles. The van der Waals surface area contributed by atoms with Crippen LogP contribution in [0.5, 0.6) is 0 Å². The minimum absolute atomic E-state index is 0.0281. The van der Waals surface area contributed by atoms with E-state index in [-0.39, 0.29) is 43.1 Å². The zero-order valence-corrected chi connectivity index (χ0v) is 16.8. The topological polar surface area (TPSA) is 156 Å². The number of hydrogen-bond donors (Lipinski definition) is 5. The lowest BCUT2D eigenvalue weighted by molar-refractivity contribution is -0.0223. The van der Waals surface area contributed by atoms with E-state index in [1.54, 1.807) is 6.20 Å². The Hall–Kier alpha value is -2.76. The van der Waals surface area contributed by atoms with Crippen molar-refractivity contribution in [3.8, 4) is 0 Å². The summed E-state index contributed by atoms with van der Waals surface area (Å²) in [5, 5.41) is 38.8. The Labute approximate surface area is 177 Å². The van der Waals surface area contributed by atoms with Gasteiger partial charge in [-0.05, 0) is 5.56 Å². The van der Waals surface area contributed by atoms with E-state index in [0.29, 0.717) is 11.1 Å². The standard InChI is InChI=1S/C21H26N4O6/c22-21-23-18-14(16-6-15(29)17(11-27)31-16)9-24(8-13(28)10-26)19(18)20(30)25(21)7-12-4-2-1-3-5-12/h1-5,9,13,15-17,26-29H,6-8,10-11H2,(H2,22,23)/t13?,15-,16+,17+/m0/s1. The van der Waals surface area contributed by atoms with Crippen LogP contribution in [0.2, 0.25) is 0 Å². The molecular weight excluding hydrogens is 404 g/mol. The third kappa shape index (κ3) is 4.08. The second kappa shape index (κ2) is 8.77. The molecule has 3 heterocycles. The molecule has 0 bridgehead atoms. The van der Waals surface area contributed by atoms with Gasteiger partial charge in [0.15, 0.2) is 0 Å². The van der Waals surface area contributed by atoms with Crippen molar-refractivity contribution in [1.29, 1.82) is 0 Å². The summed E-state index contributed by atoms with van der Waals surface area (Å²) in [6.45, 7) is -0.611. The molecule has 31 heavy (non-hydrogen) atoms. The number of nitrogens with two attached hydrogens (primary N) is 1. The Balaban J connectivity index is 1.84. The number of ether oxygens (including phenoxy) is 1. The van der Waals surface area contributed by atoms with Gasteiger partial charge in [-0.1, -0.05) is 30.3 Å². The van der Waals surface area contributed by atoms with Crippen LogP contribution in [0.15, 0.2) is 41.3 Å². The van der Waals surface area contributed by atoms with Gasteiger partial charge in [-0.15, -0.1) is 0 Å². The maximum absolute atomic E-state index is 13.4. The Kier molecular flexibility index (Phi) is 6.08. The predicted molar refractivity (Wildman–Crippen MR) is 112 cm³/mol. The molecule has 10 heteroatoms. The summed E-state index contributed by atoms with van der Waals surface area (Å²) in [7, 11) is 0. The van der Waals surface area contributed by atoms with Crippen molar-refractivity contribution in [3.63, 3.8) is 0 Å². The van der Waals surface area contributed by atoms with Gasteiger partial charge >= 0.3 is 0 Å². The molecule has 1 unspecified atom stereocenters. The molecule has 3 aromatic rings. The highest BCUT2D eigenvalue weighted by Crippen LogP contribution is 2.36. The molecule has 6 N–H and O–H groups in total. The minimum Gasteiger partial charge on any atom is -0.394 e. The summed E-state index contributed by atoms with van der Waals surface area (Å²) in [6.07, 6.45) is -1.42. The quantitative estimate of drug-likeness (QED) is 0.332. The number of benzene rings is 1. The maximum Gasteiger partial charge on any atom is 0.279 e. The van der Waals surface area contributed by atoms with Crippen LogP contribution in [-0.4, -0.2) is 66.1 Å². The van der Waals surface area contributed by atoms with E-state index < -0.39 is 31.0 Å². The van der Waals surface area contributed by atoms with E-state index in [2.05, 4.69) is 4.98 Å². The molecule has 1 aliphatic rings. The molecule has 166 valence electrons. The Bertz CT molecular complexity index is 1110. The summed E-state index contributed by atoms with van der Waals surface area (Å²) >= 11 is 0. The lowest BCUT2D eigenvalue weighted by Crippen LogP contribution is -2.28. The molecule has 4 rings (SSSR count). The first kappa shape index (κ1) is 21.5. The Morgan fingerprint density at radius 2 is 2.00 bits per heavy atom. The Morgan fingerprint density at radius 3 is 2.65 bits per heavy atom. The van der Waals surface area contributed by atoms with Crippen LogP contribution in [0.3, 0.4) is 0 Å². The molecule has 0 amide bonds. The van der Waals surface area contributed by atoms with E-state index in [9.17, 15) is 25.2 Å². The highest BCUT2D eigenvalue weighted by atomic mass is 16.5. The fourth-order valence-corrected chi connectivity index (χ4v) is 3.99. The SMILES string of the molecule is Nc1nc2c([C@H]3C[C@H](O)[C@@H](CO)O3)cn(CC(O)CO)c2c(=O)n1Cc1ccccc1. The first-order valence-corrected chi connectivity index (χ1v) is 10.1. The molecule has 1 aromatic carbocycles. The third-order valence-electron chi connectivity index (χ3n) is 5.58. The number of nitrogen functional groups attached to an aromatic ring is 1. The third-order valence-corrected chi connectivity index (χ3v) is 5.58. The summed E-state index contributed by atoms with van der Waals surface area (Å²) in [4.78, 5) is 17.9. The summed E-state index contributed by atoms with van der Waals surface area (Å²) in [5.74, 6) is 0.0281. The Morgan fingerprint density at radius 1 is 1.26 bits per heavy atom. The van der Waals surface area contributed by atoms with E-state index in [4.69, 9.17) is 10.5 Å². The number of aliphatic hydroxyl groups excluding tert-OH is 4. The molecule has 0 spiro atoms. The first-order chi connectivity index (χ1) is 14.9. The molecule has 1 aliphatic heterocycles. The molecule has 1 fully saturated rings. The smallest absolute Gasteiger partial charge is 0.279 e. The average Bonchev–Trinajstić information content (AvgIpc) is 3.31. The highest BCUT2D eigenvalue weighted by molar-refractivity contribution is 5.80. The fraction of sp³-hybridized carbons (Fsp3) is 0.429. The lowest BCUT2D eigenvalue weighted by Gasteiger charge is -2.13. The van der Waals surface area contributed by atoms with E-state index in [1.165, 1.54) is 9.13 Å². The van der Waals surface area contributed by atoms with Crippen molar-refractivity contribution < 1.29 is 25.2 Å². The van der Waals surface area contributed by atoms with Crippen molar-refractivity contribution >= 4 is 17.0 Å². The van der Waals surface area contributed by atoms with Gasteiger partial charge in [0.25, 0.3) is 5.56 Å². The normalized spacial score (nSPS) is 22.3. The zero-order valence-electron chi connectivity index (χ0n) is 16.8. The number of rotatable bonds is 7. The first-order valence-electron chi connectivity index (χ1n) is 10.1. The summed E-state index contributed by atoms with van der Waals surface area (Å²) in [6, 6.07) is 9.35. The number of nitrogens with zero attached hydrogens (tertiary/aromatic N) is 3. The van der Waals surface area contributed by atoms with Crippen molar-refractivity contribution in [2.75, 3.05) is 18.9 Å². The van der Waals surface area contributed by atoms with Crippen LogP contribution < -0.4 is 11.3 Å². The van der Waals surface area contributed by atoms with Crippen LogP contribution in [0.4, 0.5) is 5.95 Å². The van der Waals surface area contributed by atoms with E-state index >= 15 is 0 Å². The monoisotopic (exact) mass is 430 g/mol. The lowest BCUT2D eigenvalue weighted by atomic mass is 10.1. The molecular formula is C21H26N4O6. The maximum atomic E-state index is 13.4. The van der Waals surface area contributed by atoms with Gasteiger partial charge in [-0.3, -0.25) is 9.36 Å². The average molecular weight is 430 g/mol. The largest absolute Gasteiger partial charge is 0.394 e. The van der Waals surface area contributed by atoms with Crippen LogP contribution in [0.1, 0.15) is 23.7 Å². The summed E-state index contributed by atoms with van der Waals surface area (Å²) < 4.78 is 8.64. The zero-order chi connectivity index (χ0) is 22.1. The van der Waals surface area contributed by atoms with E-state index in [1.807, 2.05) is 30.3 Å². The van der Waals surface area contributed by atoms with Crippen LogP contribution in [-0.2, 0) is 17.8 Å². The van der Waals surface area contributed by atoms with Gasteiger partial charge in [0, 0.05) is 18.2 Å². The van der Waals surface area contributed by atoms with Gasteiger partial charge in [0.05, 0.1) is 44.6 Å². The molecule has 0 radical (unpaired) electrons. The van der Waals surface area contributed by atoms with Crippen molar-refractivity contribution in [1.82, 2.24) is 14.1 Å². The van der Waals surface area contributed by atoms with Gasteiger partial charge in [0.2, 0.25) is 5.95 Å². The van der Waals surface area contributed by atoms with Crippen molar-refractivity contribution in [2.45, 2.75) is 43.9 Å². The van der Waals surface area contributed by atoms with Crippen molar-refractivity contribution in [2.24, 2.45) is 0 Å². The van der Waals surface area contributed by atoms with E-state index in [0.717, 1.165) is 5.56 Å². The van der Waals surface area contributed by atoms with Crippen LogP contribution in [0.25, 0.3) is 11.0 Å². The number of anilines is 1. The number of aliphatic hydroxyl groups is 4. The second-order valence-electron chi connectivity index (χ2n) is 7.77. The van der Waals surface area contributed by atoms with Crippen molar-refractivity contribution in [3.05, 3.63) is 58.0 Å². The number of aromatic nitrogens is 3. The minimum atomic E-state index is -1.08. The van der Waals surface area contributed by atoms with Gasteiger partial charge in [-0.2, -0.15) is 0 Å². The van der Waals surface area contributed by atoms with Gasteiger partial charge < -0.3 is 35.5 Å². The fourth-order valence-electron chi connectivity index (χ4n) is 3.99.